The first-order chi connectivity index (χ1) is 12.2. The quantitative estimate of drug-likeness (QED) is 0.809. The number of anilines is 1. The molecule has 2 aromatic rings. The van der Waals surface area contributed by atoms with Gasteiger partial charge in [0.05, 0.1) is 5.92 Å². The second-order valence-corrected chi connectivity index (χ2v) is 7.29. The second kappa shape index (κ2) is 6.87. The number of aromatic amines is 1. The molecule has 2 N–H and O–H groups in total. The third-order valence-corrected chi connectivity index (χ3v) is 5.31. The first-order valence-electron chi connectivity index (χ1n) is 9.36. The van der Waals surface area contributed by atoms with Gasteiger partial charge in [0.25, 0.3) is 0 Å². The van der Waals surface area contributed by atoms with Crippen LogP contribution in [0, 0.1) is 0 Å². The first-order valence-corrected chi connectivity index (χ1v) is 9.36. The van der Waals surface area contributed by atoms with Crippen LogP contribution in [-0.4, -0.2) is 16.1 Å². The Morgan fingerprint density at radius 1 is 1.28 bits per heavy atom. The summed E-state index contributed by atoms with van der Waals surface area (Å²) in [7, 11) is 0. The molecule has 4 rings (SSSR count). The Morgan fingerprint density at radius 2 is 2.16 bits per heavy atom. The molecule has 130 valence electrons. The van der Waals surface area contributed by atoms with Crippen molar-refractivity contribution in [3.63, 3.8) is 0 Å². The number of amides is 1. The van der Waals surface area contributed by atoms with E-state index in [0.717, 1.165) is 24.1 Å². The van der Waals surface area contributed by atoms with Gasteiger partial charge in [-0.15, -0.1) is 0 Å². The van der Waals surface area contributed by atoms with E-state index in [1.807, 2.05) is 19.1 Å². The maximum Gasteiger partial charge on any atom is 0.232 e. The van der Waals surface area contributed by atoms with Crippen molar-refractivity contribution >= 4 is 17.3 Å². The lowest BCUT2D eigenvalue weighted by Gasteiger charge is -2.16. The van der Waals surface area contributed by atoms with Gasteiger partial charge in [0.15, 0.2) is 5.82 Å². The van der Waals surface area contributed by atoms with Crippen LogP contribution in [0.3, 0.4) is 0 Å². The van der Waals surface area contributed by atoms with Gasteiger partial charge in [-0.05, 0) is 62.1 Å². The maximum atomic E-state index is 12.6. The highest BCUT2D eigenvalue weighted by atomic mass is 16.1. The number of carbonyl (C=O) groups excluding carboxylic acids is 1. The van der Waals surface area contributed by atoms with Gasteiger partial charge in [-0.1, -0.05) is 30.3 Å². The molecule has 0 aliphatic heterocycles. The van der Waals surface area contributed by atoms with Crippen molar-refractivity contribution in [2.45, 2.75) is 57.3 Å². The fraction of sp³-hybridized carbons (Fsp3) is 0.429. The fourth-order valence-corrected chi connectivity index (χ4v) is 3.50. The molecule has 1 fully saturated rings. The summed E-state index contributed by atoms with van der Waals surface area (Å²) in [5.74, 6) is 1.02. The molecule has 0 spiro atoms. The minimum Gasteiger partial charge on any atom is -0.309 e. The van der Waals surface area contributed by atoms with E-state index in [1.165, 1.54) is 36.8 Å². The Morgan fingerprint density at radius 3 is 2.92 bits per heavy atom. The van der Waals surface area contributed by atoms with Crippen LogP contribution in [0.4, 0.5) is 5.82 Å². The summed E-state index contributed by atoms with van der Waals surface area (Å²) < 4.78 is 0. The number of aromatic nitrogens is 2. The highest BCUT2D eigenvalue weighted by Crippen LogP contribution is 2.39. The van der Waals surface area contributed by atoms with Gasteiger partial charge >= 0.3 is 0 Å². The van der Waals surface area contributed by atoms with E-state index in [0.29, 0.717) is 11.7 Å². The summed E-state index contributed by atoms with van der Waals surface area (Å²) in [6.45, 7) is 1.96. The molecule has 1 saturated carbocycles. The minimum absolute atomic E-state index is 0.0105. The van der Waals surface area contributed by atoms with Crippen molar-refractivity contribution in [2.24, 2.45) is 0 Å². The Labute approximate surface area is 148 Å². The van der Waals surface area contributed by atoms with Crippen LogP contribution in [-0.2, 0) is 4.79 Å². The third kappa shape index (κ3) is 3.68. The van der Waals surface area contributed by atoms with Gasteiger partial charge < -0.3 is 5.32 Å². The van der Waals surface area contributed by atoms with E-state index < -0.39 is 0 Å². The molecule has 0 radical (unpaired) electrons. The molecule has 4 nitrogen and oxygen atoms in total. The normalized spacial score (nSPS) is 18.5. The average Bonchev–Trinajstić information content (AvgIpc) is 3.41. The summed E-state index contributed by atoms with van der Waals surface area (Å²) in [6, 6.07) is 10.4. The number of benzene rings is 1. The average molecular weight is 335 g/mol. The topological polar surface area (TPSA) is 57.8 Å². The zero-order valence-corrected chi connectivity index (χ0v) is 14.7. The first kappa shape index (κ1) is 16.1. The fourth-order valence-electron chi connectivity index (χ4n) is 3.50. The Hall–Kier alpha value is -2.36. The molecule has 1 aromatic carbocycles. The molecule has 1 amide bonds. The number of rotatable bonds is 5. The van der Waals surface area contributed by atoms with Crippen molar-refractivity contribution in [3.05, 3.63) is 53.2 Å². The molecule has 0 bridgehead atoms. The molecular weight excluding hydrogens is 310 g/mol. The number of hydrogen-bond donors (Lipinski definition) is 2. The predicted octanol–water partition coefficient (Wildman–Crippen LogP) is 4.99. The number of nitrogens with one attached hydrogen (secondary N) is 2. The number of allylic oxidation sites excluding steroid dienone is 2. The van der Waals surface area contributed by atoms with Crippen molar-refractivity contribution < 1.29 is 4.79 Å². The van der Waals surface area contributed by atoms with E-state index in [1.54, 1.807) is 0 Å². The van der Waals surface area contributed by atoms with E-state index in [-0.39, 0.29) is 11.8 Å². The molecule has 1 unspecified atom stereocenters. The Balaban J connectivity index is 1.46. The third-order valence-electron chi connectivity index (χ3n) is 5.31. The molecule has 1 aromatic heterocycles. The van der Waals surface area contributed by atoms with Gasteiger partial charge in [0.2, 0.25) is 5.91 Å². The summed E-state index contributed by atoms with van der Waals surface area (Å²) >= 11 is 0. The standard InChI is InChI=1S/C21H25N3O/c1-14(21(25)22-20-13-19(23-24-20)16-10-11-16)17-8-5-9-18(12-17)15-6-3-2-4-7-15/h5-6,8-9,12-14,16H,2-4,7,10-11H2,1H3,(H2,22,23,24,25). The number of H-pyrrole nitrogens is 1. The zero-order valence-electron chi connectivity index (χ0n) is 14.7. The molecule has 25 heavy (non-hydrogen) atoms. The van der Waals surface area contributed by atoms with E-state index in [4.69, 9.17) is 0 Å². The molecule has 1 heterocycles. The van der Waals surface area contributed by atoms with Crippen molar-refractivity contribution in [1.82, 2.24) is 10.2 Å². The highest BCUT2D eigenvalue weighted by molar-refractivity contribution is 5.95. The summed E-state index contributed by atoms with van der Waals surface area (Å²) in [5, 5.41) is 10.2. The van der Waals surface area contributed by atoms with Gasteiger partial charge in [-0.25, -0.2) is 0 Å². The monoisotopic (exact) mass is 335 g/mol. The van der Waals surface area contributed by atoms with Crippen molar-refractivity contribution in [1.29, 1.82) is 0 Å². The van der Waals surface area contributed by atoms with Crippen LogP contribution in [0.2, 0.25) is 0 Å². The van der Waals surface area contributed by atoms with E-state index >= 15 is 0 Å². The maximum absolute atomic E-state index is 12.6. The Kier molecular flexibility index (Phi) is 4.43. The largest absolute Gasteiger partial charge is 0.309 e. The lowest BCUT2D eigenvalue weighted by molar-refractivity contribution is -0.117. The number of nitrogens with zero attached hydrogens (tertiary/aromatic N) is 1. The predicted molar refractivity (Wildman–Crippen MR) is 100 cm³/mol. The summed E-state index contributed by atoms with van der Waals surface area (Å²) in [5.41, 5.74) is 4.86. The van der Waals surface area contributed by atoms with Crippen LogP contribution >= 0.6 is 0 Å². The number of hydrogen-bond acceptors (Lipinski definition) is 2. The van der Waals surface area contributed by atoms with Gasteiger partial charge in [-0.3, -0.25) is 9.89 Å². The summed E-state index contributed by atoms with van der Waals surface area (Å²) in [6.07, 6.45) is 9.63. The lowest BCUT2D eigenvalue weighted by atomic mass is 9.90. The molecule has 2 aliphatic rings. The zero-order chi connectivity index (χ0) is 17.2. The molecule has 1 atom stereocenters. The second-order valence-electron chi connectivity index (χ2n) is 7.29. The van der Waals surface area contributed by atoms with Crippen LogP contribution in [0.1, 0.15) is 74.1 Å². The van der Waals surface area contributed by atoms with Gasteiger partial charge in [-0.2, -0.15) is 5.10 Å². The molecule has 0 saturated heterocycles. The Bertz CT molecular complexity index is 801. The number of carbonyl (C=O) groups is 1. The van der Waals surface area contributed by atoms with Crippen LogP contribution in [0.25, 0.3) is 5.57 Å². The SMILES string of the molecule is CC(C(=O)Nc1cc(C2CC2)[nH]n1)c1cccc(C2=CCCCC2)c1. The molecular formula is C21H25N3O. The lowest BCUT2D eigenvalue weighted by Crippen LogP contribution is -2.19. The molecule has 2 aliphatic carbocycles. The van der Waals surface area contributed by atoms with Crippen molar-refractivity contribution in [2.75, 3.05) is 5.32 Å². The van der Waals surface area contributed by atoms with Crippen LogP contribution < -0.4 is 5.32 Å². The van der Waals surface area contributed by atoms with Gasteiger partial charge in [0.1, 0.15) is 0 Å². The minimum atomic E-state index is -0.204. The van der Waals surface area contributed by atoms with Crippen LogP contribution in [0.5, 0.6) is 0 Å². The smallest absolute Gasteiger partial charge is 0.232 e. The van der Waals surface area contributed by atoms with E-state index in [2.05, 4.69) is 39.8 Å². The summed E-state index contributed by atoms with van der Waals surface area (Å²) in [4.78, 5) is 12.6. The van der Waals surface area contributed by atoms with Gasteiger partial charge in [0, 0.05) is 17.7 Å². The van der Waals surface area contributed by atoms with Crippen LogP contribution in [0.15, 0.2) is 36.4 Å². The van der Waals surface area contributed by atoms with Crippen molar-refractivity contribution in [3.8, 4) is 0 Å². The molecule has 4 heteroatoms. The highest BCUT2D eigenvalue weighted by Gasteiger charge is 2.26. The van der Waals surface area contributed by atoms with E-state index in [9.17, 15) is 4.79 Å².